The number of nitrogens with zero attached hydrogens (tertiary/aromatic N) is 1. The van der Waals surface area contributed by atoms with Gasteiger partial charge in [0, 0.05) is 11.6 Å². The maximum absolute atomic E-state index is 12.6. The molecule has 1 heterocycles. The van der Waals surface area contributed by atoms with Gasteiger partial charge >= 0.3 is 0 Å². The van der Waals surface area contributed by atoms with Gasteiger partial charge < -0.3 is 10.2 Å². The summed E-state index contributed by atoms with van der Waals surface area (Å²) in [6.07, 6.45) is 2.11. The third-order valence-corrected chi connectivity index (χ3v) is 5.08. The standard InChI is InChI=1S/C24H21ClN2O2/c1-17-10-12-18(13-11-17)16-29-27-15-19(20-6-2-5-9-23(20)27)14-24(28)26-22-8-4-3-7-21(22)25/h2-13,15H,14,16H2,1H3,(H,26,28). The summed E-state index contributed by atoms with van der Waals surface area (Å²) in [5.74, 6) is -0.125. The molecule has 0 atom stereocenters. The molecule has 0 bridgehead atoms. The summed E-state index contributed by atoms with van der Waals surface area (Å²) in [7, 11) is 0. The largest absolute Gasteiger partial charge is 0.409 e. The Morgan fingerprint density at radius 1 is 1.00 bits per heavy atom. The van der Waals surface area contributed by atoms with Crippen LogP contribution in [0.3, 0.4) is 0 Å². The lowest BCUT2D eigenvalue weighted by Gasteiger charge is -2.08. The third-order valence-electron chi connectivity index (χ3n) is 4.75. The van der Waals surface area contributed by atoms with Crippen molar-refractivity contribution in [2.45, 2.75) is 20.0 Å². The number of hydrogen-bond donors (Lipinski definition) is 1. The lowest BCUT2D eigenvalue weighted by atomic mass is 10.1. The molecule has 4 aromatic rings. The van der Waals surface area contributed by atoms with Crippen molar-refractivity contribution < 1.29 is 9.63 Å². The average molecular weight is 405 g/mol. The average Bonchev–Trinajstić information content (AvgIpc) is 3.07. The first kappa shape index (κ1) is 19.1. The van der Waals surface area contributed by atoms with E-state index >= 15 is 0 Å². The Hall–Kier alpha value is -3.24. The third kappa shape index (κ3) is 4.44. The molecule has 5 heteroatoms. The number of carbonyl (C=O) groups is 1. The first-order valence-electron chi connectivity index (χ1n) is 9.42. The first-order chi connectivity index (χ1) is 14.1. The summed E-state index contributed by atoms with van der Waals surface area (Å²) >= 11 is 6.14. The zero-order chi connectivity index (χ0) is 20.2. The number of halogens is 1. The van der Waals surface area contributed by atoms with Crippen LogP contribution in [-0.2, 0) is 17.8 Å². The number of amides is 1. The van der Waals surface area contributed by atoms with E-state index in [4.69, 9.17) is 16.4 Å². The van der Waals surface area contributed by atoms with Gasteiger partial charge in [-0.05, 0) is 36.2 Å². The van der Waals surface area contributed by atoms with Crippen LogP contribution in [-0.4, -0.2) is 10.6 Å². The number of aryl methyl sites for hydroxylation is 1. The second-order valence-electron chi connectivity index (χ2n) is 6.96. The van der Waals surface area contributed by atoms with E-state index in [0.717, 1.165) is 22.0 Å². The molecular formula is C24H21ClN2O2. The van der Waals surface area contributed by atoms with E-state index in [1.54, 1.807) is 16.9 Å². The topological polar surface area (TPSA) is 43.3 Å². The normalized spacial score (nSPS) is 10.8. The number of anilines is 1. The molecule has 3 aromatic carbocycles. The molecule has 0 saturated carbocycles. The molecule has 1 N–H and O–H groups in total. The summed E-state index contributed by atoms with van der Waals surface area (Å²) in [5.41, 5.74) is 4.74. The molecule has 0 aliphatic carbocycles. The summed E-state index contributed by atoms with van der Waals surface area (Å²) in [6, 6.07) is 23.4. The van der Waals surface area contributed by atoms with Gasteiger partial charge in [-0.25, -0.2) is 0 Å². The van der Waals surface area contributed by atoms with Gasteiger partial charge in [-0.1, -0.05) is 71.8 Å². The fourth-order valence-electron chi connectivity index (χ4n) is 3.22. The Kier molecular flexibility index (Phi) is 5.54. The van der Waals surface area contributed by atoms with E-state index in [0.29, 0.717) is 17.3 Å². The van der Waals surface area contributed by atoms with Crippen molar-refractivity contribution in [3.05, 3.63) is 101 Å². The minimum Gasteiger partial charge on any atom is -0.409 e. The van der Waals surface area contributed by atoms with Gasteiger partial charge in [0.25, 0.3) is 0 Å². The predicted octanol–water partition coefficient (Wildman–Crippen LogP) is 5.41. The number of hydrogen-bond acceptors (Lipinski definition) is 2. The number of aromatic nitrogens is 1. The summed E-state index contributed by atoms with van der Waals surface area (Å²) in [5, 5.41) is 4.38. The van der Waals surface area contributed by atoms with Gasteiger partial charge in [0.15, 0.2) is 0 Å². The second kappa shape index (κ2) is 8.41. The molecule has 1 amide bonds. The number of para-hydroxylation sites is 2. The monoisotopic (exact) mass is 404 g/mol. The van der Waals surface area contributed by atoms with Crippen molar-refractivity contribution in [2.24, 2.45) is 0 Å². The Bertz CT molecular complexity index is 1150. The molecule has 1 aromatic heterocycles. The van der Waals surface area contributed by atoms with E-state index in [1.165, 1.54) is 5.56 Å². The quantitative estimate of drug-likeness (QED) is 0.466. The zero-order valence-corrected chi connectivity index (χ0v) is 16.8. The second-order valence-corrected chi connectivity index (χ2v) is 7.37. The van der Waals surface area contributed by atoms with Crippen molar-refractivity contribution in [2.75, 3.05) is 5.32 Å². The maximum atomic E-state index is 12.6. The minimum atomic E-state index is -0.125. The molecule has 0 spiro atoms. The minimum absolute atomic E-state index is 0.125. The van der Waals surface area contributed by atoms with Crippen LogP contribution in [0.5, 0.6) is 0 Å². The predicted molar refractivity (Wildman–Crippen MR) is 117 cm³/mol. The lowest BCUT2D eigenvalue weighted by Crippen LogP contribution is -2.14. The molecule has 0 unspecified atom stereocenters. The number of fused-ring (bicyclic) bond motifs is 1. The number of carbonyl (C=O) groups excluding carboxylic acids is 1. The number of benzene rings is 3. The molecule has 29 heavy (non-hydrogen) atoms. The Morgan fingerprint density at radius 3 is 2.52 bits per heavy atom. The van der Waals surface area contributed by atoms with Crippen molar-refractivity contribution in [1.29, 1.82) is 0 Å². The molecule has 0 aliphatic rings. The Morgan fingerprint density at radius 2 is 1.72 bits per heavy atom. The fourth-order valence-corrected chi connectivity index (χ4v) is 3.41. The highest BCUT2D eigenvalue weighted by Gasteiger charge is 2.13. The maximum Gasteiger partial charge on any atom is 0.228 e. The number of rotatable bonds is 6. The van der Waals surface area contributed by atoms with Gasteiger partial charge in [-0.15, -0.1) is 0 Å². The summed E-state index contributed by atoms with van der Waals surface area (Å²) in [4.78, 5) is 18.6. The molecule has 4 nitrogen and oxygen atoms in total. The fraction of sp³-hybridized carbons (Fsp3) is 0.125. The van der Waals surface area contributed by atoms with Crippen molar-refractivity contribution in [1.82, 2.24) is 4.73 Å². The van der Waals surface area contributed by atoms with Gasteiger partial charge in [0.1, 0.15) is 6.61 Å². The highest BCUT2D eigenvalue weighted by atomic mass is 35.5. The van der Waals surface area contributed by atoms with Crippen molar-refractivity contribution >= 4 is 34.1 Å². The van der Waals surface area contributed by atoms with Gasteiger partial charge in [0.2, 0.25) is 5.91 Å². The Balaban J connectivity index is 1.53. The SMILES string of the molecule is Cc1ccc(COn2cc(CC(=O)Nc3ccccc3Cl)c3ccccc32)cc1. The Labute approximate surface area is 174 Å². The van der Waals surface area contributed by atoms with E-state index < -0.39 is 0 Å². The lowest BCUT2D eigenvalue weighted by molar-refractivity contribution is -0.115. The van der Waals surface area contributed by atoms with Crippen molar-refractivity contribution in [3.63, 3.8) is 0 Å². The van der Waals surface area contributed by atoms with Gasteiger partial charge in [0.05, 0.1) is 22.6 Å². The van der Waals surface area contributed by atoms with Crippen LogP contribution in [0.4, 0.5) is 5.69 Å². The van der Waals surface area contributed by atoms with Gasteiger partial charge in [-0.3, -0.25) is 4.79 Å². The summed E-state index contributed by atoms with van der Waals surface area (Å²) < 4.78 is 1.74. The number of nitrogens with one attached hydrogen (secondary N) is 1. The smallest absolute Gasteiger partial charge is 0.228 e. The van der Waals surface area contributed by atoms with Crippen LogP contribution in [0.1, 0.15) is 16.7 Å². The molecule has 0 fully saturated rings. The van der Waals surface area contributed by atoms with Gasteiger partial charge in [-0.2, -0.15) is 4.73 Å². The molecule has 146 valence electrons. The molecule has 0 aliphatic heterocycles. The van der Waals surface area contributed by atoms with E-state index in [1.807, 2.05) is 42.6 Å². The summed E-state index contributed by atoms with van der Waals surface area (Å²) in [6.45, 7) is 2.51. The van der Waals surface area contributed by atoms with Crippen LogP contribution >= 0.6 is 11.6 Å². The zero-order valence-electron chi connectivity index (χ0n) is 16.1. The van der Waals surface area contributed by atoms with Crippen LogP contribution in [0, 0.1) is 6.92 Å². The van der Waals surface area contributed by atoms with Crippen molar-refractivity contribution in [3.8, 4) is 0 Å². The van der Waals surface area contributed by atoms with Crippen LogP contribution in [0.15, 0.2) is 79.0 Å². The van der Waals surface area contributed by atoms with Crippen LogP contribution in [0.25, 0.3) is 10.9 Å². The molecular weight excluding hydrogens is 384 g/mol. The first-order valence-corrected chi connectivity index (χ1v) is 9.80. The highest BCUT2D eigenvalue weighted by molar-refractivity contribution is 6.33. The molecule has 0 radical (unpaired) electrons. The highest BCUT2D eigenvalue weighted by Crippen LogP contribution is 2.24. The molecule has 4 rings (SSSR count). The van der Waals surface area contributed by atoms with Crippen LogP contribution < -0.4 is 10.2 Å². The molecule has 0 saturated heterocycles. The van der Waals surface area contributed by atoms with E-state index in [2.05, 4.69) is 36.5 Å². The van der Waals surface area contributed by atoms with E-state index in [9.17, 15) is 4.79 Å². The van der Waals surface area contributed by atoms with Crippen LogP contribution in [0.2, 0.25) is 5.02 Å². The van der Waals surface area contributed by atoms with E-state index in [-0.39, 0.29) is 12.3 Å².